The molecule has 0 radical (unpaired) electrons. The zero-order chi connectivity index (χ0) is 15.3. The van der Waals surface area contributed by atoms with Crippen molar-refractivity contribution in [3.05, 3.63) is 29.3 Å². The van der Waals surface area contributed by atoms with E-state index in [1.165, 1.54) is 18.2 Å². The molecule has 6 nitrogen and oxygen atoms in total. The number of hydrogen-bond donors (Lipinski definition) is 2. The van der Waals surface area contributed by atoms with Gasteiger partial charge in [-0.25, -0.2) is 13.6 Å². The van der Waals surface area contributed by atoms with E-state index in [4.69, 9.17) is 9.88 Å². The summed E-state index contributed by atoms with van der Waals surface area (Å²) < 4.78 is 27.7. The Morgan fingerprint density at radius 1 is 1.45 bits per heavy atom. The van der Waals surface area contributed by atoms with Gasteiger partial charge in [-0.3, -0.25) is 4.79 Å². The average Bonchev–Trinajstić information content (AvgIpc) is 2.35. The Balaban J connectivity index is 2.80. The Bertz CT molecular complexity index is 584. The second kappa shape index (κ2) is 6.83. The van der Waals surface area contributed by atoms with Gasteiger partial charge in [0.15, 0.2) is 0 Å². The van der Waals surface area contributed by atoms with Crippen LogP contribution in [0.4, 0.5) is 0 Å². The topological polar surface area (TPSA) is 98.5 Å². The van der Waals surface area contributed by atoms with Gasteiger partial charge >= 0.3 is 0 Å². The summed E-state index contributed by atoms with van der Waals surface area (Å²) in [4.78, 5) is 12.0. The summed E-state index contributed by atoms with van der Waals surface area (Å²) in [6.07, 6.45) is -0.0760. The van der Waals surface area contributed by atoms with E-state index in [0.29, 0.717) is 24.3 Å². The van der Waals surface area contributed by atoms with Crippen molar-refractivity contribution in [2.75, 3.05) is 13.2 Å². The molecule has 0 saturated heterocycles. The monoisotopic (exact) mass is 300 g/mol. The first-order chi connectivity index (χ1) is 9.25. The molecular formula is C13H20N2O4S. The molecule has 1 aromatic rings. The number of rotatable bonds is 6. The molecule has 20 heavy (non-hydrogen) atoms. The number of nitrogens with one attached hydrogen (secondary N) is 1. The Morgan fingerprint density at radius 3 is 2.60 bits per heavy atom. The predicted molar refractivity (Wildman–Crippen MR) is 76.0 cm³/mol. The highest BCUT2D eigenvalue weighted by molar-refractivity contribution is 7.89. The van der Waals surface area contributed by atoms with Gasteiger partial charge in [0.25, 0.3) is 5.91 Å². The van der Waals surface area contributed by atoms with Gasteiger partial charge in [0.2, 0.25) is 10.0 Å². The molecule has 0 aliphatic rings. The van der Waals surface area contributed by atoms with Gasteiger partial charge in [-0.2, -0.15) is 0 Å². The van der Waals surface area contributed by atoms with Gasteiger partial charge in [-0.1, -0.05) is 0 Å². The van der Waals surface area contributed by atoms with E-state index < -0.39 is 10.0 Å². The van der Waals surface area contributed by atoms with Crippen LogP contribution in [0.1, 0.15) is 29.8 Å². The maximum absolute atomic E-state index is 12.0. The number of benzene rings is 1. The van der Waals surface area contributed by atoms with Crippen molar-refractivity contribution in [1.29, 1.82) is 0 Å². The third-order valence-electron chi connectivity index (χ3n) is 2.77. The van der Waals surface area contributed by atoms with Crippen LogP contribution in [0.5, 0.6) is 0 Å². The molecule has 1 aromatic carbocycles. The summed E-state index contributed by atoms with van der Waals surface area (Å²) >= 11 is 0. The van der Waals surface area contributed by atoms with Gasteiger partial charge < -0.3 is 10.1 Å². The van der Waals surface area contributed by atoms with E-state index in [9.17, 15) is 13.2 Å². The maximum atomic E-state index is 12.0. The Labute approximate surface area is 119 Å². The predicted octanol–water partition coefficient (Wildman–Crippen LogP) is 0.797. The quantitative estimate of drug-likeness (QED) is 0.811. The van der Waals surface area contributed by atoms with Crippen molar-refractivity contribution in [3.63, 3.8) is 0 Å². The highest BCUT2D eigenvalue weighted by atomic mass is 32.2. The lowest BCUT2D eigenvalue weighted by Gasteiger charge is -2.13. The number of carbonyl (C=O) groups excluding carboxylic acids is 1. The van der Waals surface area contributed by atoms with E-state index in [1.54, 1.807) is 6.92 Å². The first-order valence-electron chi connectivity index (χ1n) is 6.29. The molecular weight excluding hydrogens is 280 g/mol. The summed E-state index contributed by atoms with van der Waals surface area (Å²) in [5, 5.41) is 7.78. The Morgan fingerprint density at radius 2 is 2.10 bits per heavy atom. The summed E-state index contributed by atoms with van der Waals surface area (Å²) in [5.74, 6) is -0.268. The fourth-order valence-corrected chi connectivity index (χ4v) is 2.34. The molecule has 1 unspecified atom stereocenters. The fourth-order valence-electron chi connectivity index (χ4n) is 1.74. The third kappa shape index (κ3) is 4.59. The van der Waals surface area contributed by atoms with Crippen molar-refractivity contribution in [3.8, 4) is 0 Å². The van der Waals surface area contributed by atoms with Gasteiger partial charge in [0.1, 0.15) is 0 Å². The molecule has 0 heterocycles. The van der Waals surface area contributed by atoms with Crippen LogP contribution in [0.25, 0.3) is 0 Å². The molecule has 0 fully saturated rings. The summed E-state index contributed by atoms with van der Waals surface area (Å²) in [5.41, 5.74) is 0.971. The molecule has 0 spiro atoms. The van der Waals surface area contributed by atoms with Crippen molar-refractivity contribution in [2.45, 2.75) is 31.8 Å². The molecule has 0 aromatic heterocycles. The minimum Gasteiger partial charge on any atom is -0.377 e. The lowest BCUT2D eigenvalue weighted by atomic mass is 10.1. The van der Waals surface area contributed by atoms with Crippen molar-refractivity contribution >= 4 is 15.9 Å². The zero-order valence-electron chi connectivity index (χ0n) is 11.8. The van der Waals surface area contributed by atoms with Crippen LogP contribution in [0, 0.1) is 6.92 Å². The second-order valence-corrected chi connectivity index (χ2v) is 6.06. The van der Waals surface area contributed by atoms with E-state index in [-0.39, 0.29) is 16.9 Å². The number of primary sulfonamides is 1. The first kappa shape index (κ1) is 16.6. The van der Waals surface area contributed by atoms with Gasteiger partial charge in [-0.15, -0.1) is 0 Å². The van der Waals surface area contributed by atoms with Crippen LogP contribution in [0.2, 0.25) is 0 Å². The molecule has 112 valence electrons. The minimum absolute atomic E-state index is 0.00534. The normalized spacial score (nSPS) is 13.0. The van der Waals surface area contributed by atoms with Crippen molar-refractivity contribution in [2.24, 2.45) is 5.14 Å². The minimum atomic E-state index is -3.75. The van der Waals surface area contributed by atoms with Crippen LogP contribution in [0.15, 0.2) is 23.1 Å². The lowest BCUT2D eigenvalue weighted by Crippen LogP contribution is -2.32. The molecule has 0 aliphatic heterocycles. The molecule has 0 aliphatic carbocycles. The van der Waals surface area contributed by atoms with Gasteiger partial charge in [0.05, 0.1) is 11.0 Å². The zero-order valence-corrected chi connectivity index (χ0v) is 12.7. The number of ether oxygens (including phenoxy) is 1. The lowest BCUT2D eigenvalue weighted by molar-refractivity contribution is 0.0695. The maximum Gasteiger partial charge on any atom is 0.251 e. The molecule has 0 bridgehead atoms. The number of amides is 1. The molecule has 1 atom stereocenters. The second-order valence-electron chi connectivity index (χ2n) is 4.50. The number of aryl methyl sites for hydroxylation is 1. The average molecular weight is 300 g/mol. The van der Waals surface area contributed by atoms with Crippen LogP contribution in [-0.4, -0.2) is 33.6 Å². The summed E-state index contributed by atoms with van der Waals surface area (Å²) in [6, 6.07) is 4.16. The largest absolute Gasteiger partial charge is 0.377 e. The highest BCUT2D eigenvalue weighted by Gasteiger charge is 2.14. The highest BCUT2D eigenvalue weighted by Crippen LogP contribution is 2.14. The van der Waals surface area contributed by atoms with Crippen LogP contribution >= 0.6 is 0 Å². The first-order valence-corrected chi connectivity index (χ1v) is 7.83. The van der Waals surface area contributed by atoms with E-state index in [1.807, 2.05) is 13.8 Å². The fraction of sp³-hybridized carbons (Fsp3) is 0.462. The van der Waals surface area contributed by atoms with Crippen molar-refractivity contribution in [1.82, 2.24) is 5.32 Å². The number of hydrogen-bond acceptors (Lipinski definition) is 4. The molecule has 7 heteroatoms. The molecule has 0 saturated carbocycles. The molecule has 1 amide bonds. The van der Waals surface area contributed by atoms with Crippen LogP contribution in [-0.2, 0) is 14.8 Å². The smallest absolute Gasteiger partial charge is 0.251 e. The number of carbonyl (C=O) groups is 1. The van der Waals surface area contributed by atoms with Crippen LogP contribution < -0.4 is 10.5 Å². The number of sulfonamides is 1. The SMILES string of the molecule is CCOC(C)CNC(=O)c1ccc(S(N)(=O)=O)cc1C. The summed E-state index contributed by atoms with van der Waals surface area (Å²) in [7, 11) is -3.75. The number of nitrogens with two attached hydrogens (primary N) is 1. The Kier molecular flexibility index (Phi) is 5.67. The van der Waals surface area contributed by atoms with E-state index in [0.717, 1.165) is 0 Å². The molecule has 3 N–H and O–H groups in total. The third-order valence-corrected chi connectivity index (χ3v) is 3.68. The van der Waals surface area contributed by atoms with Gasteiger partial charge in [-0.05, 0) is 44.5 Å². The van der Waals surface area contributed by atoms with Gasteiger partial charge in [0, 0.05) is 18.7 Å². The standard InChI is InChI=1S/C13H20N2O4S/c1-4-19-10(3)8-15-13(16)12-6-5-11(7-9(12)2)20(14,17)18/h5-7,10H,4,8H2,1-3H3,(H,15,16)(H2,14,17,18). The van der Waals surface area contributed by atoms with Crippen LogP contribution in [0.3, 0.4) is 0 Å². The molecule has 1 rings (SSSR count). The summed E-state index contributed by atoms with van der Waals surface area (Å²) in [6.45, 7) is 6.38. The van der Waals surface area contributed by atoms with E-state index >= 15 is 0 Å². The van der Waals surface area contributed by atoms with E-state index in [2.05, 4.69) is 5.32 Å². The van der Waals surface area contributed by atoms with Crippen molar-refractivity contribution < 1.29 is 17.9 Å². The Hall–Kier alpha value is -1.44.